The van der Waals surface area contributed by atoms with Crippen LogP contribution in [0.2, 0.25) is 5.02 Å². The maximum absolute atomic E-state index is 10.9. The number of hydrogen-bond acceptors (Lipinski definition) is 3. The summed E-state index contributed by atoms with van der Waals surface area (Å²) >= 11 is 9.30. The first kappa shape index (κ1) is 14.3. The van der Waals surface area contributed by atoms with Crippen LogP contribution in [-0.2, 0) is 26.1 Å². The molecule has 90 valence electrons. The Morgan fingerprint density at radius 3 is 2.50 bits per heavy atom. The number of benzene rings is 1. The third-order valence-corrected chi connectivity index (χ3v) is 3.88. The van der Waals surface area contributed by atoms with Gasteiger partial charge in [-0.25, -0.2) is 8.42 Å². The van der Waals surface area contributed by atoms with Gasteiger partial charge in [-0.1, -0.05) is 27.5 Å². The lowest BCUT2D eigenvalue weighted by atomic mass is 10.1. The number of methoxy groups -OCH3 is 1. The Morgan fingerprint density at radius 2 is 2.06 bits per heavy atom. The Kier molecular flexibility index (Phi) is 5.07. The van der Waals surface area contributed by atoms with Gasteiger partial charge in [-0.15, -0.1) is 0 Å². The zero-order chi connectivity index (χ0) is 12.3. The molecule has 0 N–H and O–H groups in total. The minimum atomic E-state index is -3.57. The molecule has 16 heavy (non-hydrogen) atoms. The van der Waals surface area contributed by atoms with Crippen molar-refractivity contribution in [1.29, 1.82) is 0 Å². The Hall–Kier alpha value is 0.190. The molecular formula is C9H9BrCl2O3S. The van der Waals surface area contributed by atoms with Crippen LogP contribution >= 0.6 is 38.2 Å². The van der Waals surface area contributed by atoms with Gasteiger partial charge in [-0.2, -0.15) is 0 Å². The highest BCUT2D eigenvalue weighted by atomic mass is 79.9. The highest BCUT2D eigenvalue weighted by molar-refractivity contribution is 9.10. The van der Waals surface area contributed by atoms with E-state index in [4.69, 9.17) is 27.0 Å². The largest absolute Gasteiger partial charge is 0.380 e. The van der Waals surface area contributed by atoms with Crippen molar-refractivity contribution in [3.8, 4) is 0 Å². The van der Waals surface area contributed by atoms with Crippen LogP contribution in [-0.4, -0.2) is 15.5 Å². The van der Waals surface area contributed by atoms with Crippen molar-refractivity contribution in [2.75, 3.05) is 7.11 Å². The first-order valence-corrected chi connectivity index (χ1v) is 7.86. The summed E-state index contributed by atoms with van der Waals surface area (Å²) in [5.74, 6) is -0.250. The lowest BCUT2D eigenvalue weighted by molar-refractivity contribution is 0.184. The molecule has 0 aromatic heterocycles. The lowest BCUT2D eigenvalue weighted by Crippen LogP contribution is -1.98. The fourth-order valence-electron chi connectivity index (χ4n) is 1.22. The van der Waals surface area contributed by atoms with Crippen molar-refractivity contribution < 1.29 is 13.2 Å². The molecule has 0 heterocycles. The quantitative estimate of drug-likeness (QED) is 0.785. The van der Waals surface area contributed by atoms with Gasteiger partial charge in [-0.3, -0.25) is 0 Å². The van der Waals surface area contributed by atoms with Crippen LogP contribution in [0.25, 0.3) is 0 Å². The summed E-state index contributed by atoms with van der Waals surface area (Å²) in [6.45, 7) is 0.354. The molecule has 0 aliphatic rings. The van der Waals surface area contributed by atoms with Gasteiger partial charge >= 0.3 is 0 Å². The summed E-state index contributed by atoms with van der Waals surface area (Å²) in [6.07, 6.45) is 0. The van der Waals surface area contributed by atoms with Gasteiger partial charge < -0.3 is 4.74 Å². The summed E-state index contributed by atoms with van der Waals surface area (Å²) < 4.78 is 27.5. The predicted octanol–water partition coefficient (Wildman–Crippen LogP) is 3.32. The Balaban J connectivity index is 3.09. The molecule has 1 rings (SSSR count). The van der Waals surface area contributed by atoms with Crippen LogP contribution in [0.15, 0.2) is 16.6 Å². The summed E-state index contributed by atoms with van der Waals surface area (Å²) in [5.41, 5.74) is 1.31. The second-order valence-corrected chi connectivity index (χ2v) is 7.19. The van der Waals surface area contributed by atoms with Crippen LogP contribution in [0.3, 0.4) is 0 Å². The van der Waals surface area contributed by atoms with Gasteiger partial charge in [0, 0.05) is 32.9 Å². The molecule has 0 saturated carbocycles. The molecule has 0 aliphatic carbocycles. The third kappa shape index (κ3) is 4.22. The smallest absolute Gasteiger partial charge is 0.236 e. The molecule has 0 fully saturated rings. The van der Waals surface area contributed by atoms with Gasteiger partial charge in [0.25, 0.3) is 0 Å². The van der Waals surface area contributed by atoms with E-state index in [1.807, 2.05) is 0 Å². The van der Waals surface area contributed by atoms with Gasteiger partial charge in [0.15, 0.2) is 0 Å². The standard InChI is InChI=1S/C9H9BrCl2O3S/c1-15-4-7-8(10)2-6(3-9(7)11)5-16(12,13)14/h2-3H,4-5H2,1H3. The molecule has 0 radical (unpaired) electrons. The maximum Gasteiger partial charge on any atom is 0.236 e. The molecule has 0 aliphatic heterocycles. The summed E-state index contributed by atoms with van der Waals surface area (Å²) in [7, 11) is 3.14. The zero-order valence-electron chi connectivity index (χ0n) is 8.34. The second kappa shape index (κ2) is 5.69. The third-order valence-electron chi connectivity index (χ3n) is 1.83. The fraction of sp³-hybridized carbons (Fsp3) is 0.333. The molecule has 1 aromatic carbocycles. The first-order valence-electron chi connectivity index (χ1n) is 4.21. The number of rotatable bonds is 4. The molecule has 0 saturated heterocycles. The number of hydrogen-bond donors (Lipinski definition) is 0. The average Bonchev–Trinajstić information content (AvgIpc) is 2.08. The Morgan fingerprint density at radius 1 is 1.44 bits per heavy atom. The normalized spacial score (nSPS) is 11.8. The molecule has 3 nitrogen and oxygen atoms in total. The Bertz CT molecular complexity index is 465. The predicted molar refractivity (Wildman–Crippen MR) is 68.3 cm³/mol. The molecule has 0 amide bonds. The van der Waals surface area contributed by atoms with E-state index in [0.29, 0.717) is 21.7 Å². The van der Waals surface area contributed by atoms with Crippen molar-refractivity contribution in [3.63, 3.8) is 0 Å². The zero-order valence-corrected chi connectivity index (χ0v) is 12.3. The van der Waals surface area contributed by atoms with E-state index in [9.17, 15) is 8.42 Å². The van der Waals surface area contributed by atoms with Crippen molar-refractivity contribution in [1.82, 2.24) is 0 Å². The SMILES string of the molecule is COCc1c(Cl)cc(CS(=O)(=O)Cl)cc1Br. The molecule has 0 atom stereocenters. The monoisotopic (exact) mass is 346 g/mol. The van der Waals surface area contributed by atoms with E-state index in [-0.39, 0.29) is 5.75 Å². The molecule has 1 aromatic rings. The van der Waals surface area contributed by atoms with E-state index >= 15 is 0 Å². The van der Waals surface area contributed by atoms with Gasteiger partial charge in [-0.05, 0) is 17.7 Å². The van der Waals surface area contributed by atoms with Crippen molar-refractivity contribution in [3.05, 3.63) is 32.8 Å². The average molecular weight is 348 g/mol. The second-order valence-electron chi connectivity index (χ2n) is 3.15. The van der Waals surface area contributed by atoms with Crippen LogP contribution in [0, 0.1) is 0 Å². The molecule has 0 spiro atoms. The van der Waals surface area contributed by atoms with E-state index < -0.39 is 9.05 Å². The number of ether oxygens (including phenoxy) is 1. The number of halogens is 3. The summed E-state index contributed by atoms with van der Waals surface area (Å²) in [4.78, 5) is 0. The minimum Gasteiger partial charge on any atom is -0.380 e. The lowest BCUT2D eigenvalue weighted by Gasteiger charge is -2.08. The van der Waals surface area contributed by atoms with Crippen LogP contribution in [0.5, 0.6) is 0 Å². The van der Waals surface area contributed by atoms with Crippen molar-refractivity contribution >= 4 is 47.3 Å². The van der Waals surface area contributed by atoms with Gasteiger partial charge in [0.2, 0.25) is 9.05 Å². The highest BCUT2D eigenvalue weighted by Crippen LogP contribution is 2.28. The van der Waals surface area contributed by atoms with Crippen LogP contribution in [0.4, 0.5) is 0 Å². The summed E-state index contributed by atoms with van der Waals surface area (Å²) in [6, 6.07) is 3.24. The van der Waals surface area contributed by atoms with Crippen LogP contribution < -0.4 is 0 Å². The highest BCUT2D eigenvalue weighted by Gasteiger charge is 2.12. The molecular weight excluding hydrogens is 339 g/mol. The van der Waals surface area contributed by atoms with Crippen molar-refractivity contribution in [2.24, 2.45) is 0 Å². The Labute approximate surface area is 112 Å². The molecule has 7 heteroatoms. The maximum atomic E-state index is 10.9. The van der Waals surface area contributed by atoms with Gasteiger partial charge in [0.05, 0.1) is 12.4 Å². The molecule has 0 unspecified atom stereocenters. The molecule has 0 bridgehead atoms. The van der Waals surface area contributed by atoms with Crippen LogP contribution in [0.1, 0.15) is 11.1 Å². The van der Waals surface area contributed by atoms with E-state index in [0.717, 1.165) is 5.56 Å². The summed E-state index contributed by atoms with van der Waals surface area (Å²) in [5, 5.41) is 0.451. The van der Waals surface area contributed by atoms with E-state index in [1.165, 1.54) is 0 Å². The fourth-order valence-corrected chi connectivity index (χ4v) is 3.20. The first-order chi connectivity index (χ1) is 7.33. The van der Waals surface area contributed by atoms with E-state index in [1.54, 1.807) is 19.2 Å². The minimum absolute atomic E-state index is 0.250. The topological polar surface area (TPSA) is 43.4 Å². The van der Waals surface area contributed by atoms with Crippen molar-refractivity contribution in [2.45, 2.75) is 12.4 Å². The van der Waals surface area contributed by atoms with E-state index in [2.05, 4.69) is 15.9 Å². The van der Waals surface area contributed by atoms with Gasteiger partial charge in [0.1, 0.15) is 0 Å².